The molecule has 0 unspecified atom stereocenters. The fraction of sp³-hybridized carbons (Fsp3) is 0.417. The number of carbonyl (C=O) groups is 1. The molecule has 1 N–H and O–H groups in total. The molecular weight excluding hydrogens is 222 g/mol. The number of benzene rings is 1. The minimum absolute atomic E-state index is 0.242. The molecule has 1 heterocycles. The molecule has 1 fully saturated rings. The lowest BCUT2D eigenvalue weighted by Gasteiger charge is -2.29. The Morgan fingerprint density at radius 1 is 1.35 bits per heavy atom. The number of anilines is 1. The SMILES string of the molecule is COc1cc(C(=O)O)cc(N2CCOCC2)c1. The van der Waals surface area contributed by atoms with E-state index in [-0.39, 0.29) is 5.56 Å². The summed E-state index contributed by atoms with van der Waals surface area (Å²) < 4.78 is 10.4. The maximum Gasteiger partial charge on any atom is 0.335 e. The highest BCUT2D eigenvalue weighted by molar-refractivity contribution is 5.89. The first-order valence-corrected chi connectivity index (χ1v) is 5.46. The highest BCUT2D eigenvalue weighted by Crippen LogP contribution is 2.24. The summed E-state index contributed by atoms with van der Waals surface area (Å²) in [5.41, 5.74) is 1.11. The van der Waals surface area contributed by atoms with Crippen LogP contribution in [0.3, 0.4) is 0 Å². The molecule has 0 radical (unpaired) electrons. The summed E-state index contributed by atoms with van der Waals surface area (Å²) in [4.78, 5) is 13.1. The van der Waals surface area contributed by atoms with Gasteiger partial charge in [0.2, 0.25) is 0 Å². The highest BCUT2D eigenvalue weighted by atomic mass is 16.5. The summed E-state index contributed by atoms with van der Waals surface area (Å²) in [6, 6.07) is 5.03. The molecule has 1 aliphatic rings. The van der Waals surface area contributed by atoms with Crippen molar-refractivity contribution < 1.29 is 19.4 Å². The predicted octanol–water partition coefficient (Wildman–Crippen LogP) is 1.23. The Labute approximate surface area is 99.6 Å². The van der Waals surface area contributed by atoms with Crippen molar-refractivity contribution in [2.45, 2.75) is 0 Å². The van der Waals surface area contributed by atoms with Gasteiger partial charge in [0.1, 0.15) is 5.75 Å². The topological polar surface area (TPSA) is 59.0 Å². The van der Waals surface area contributed by atoms with Crippen LogP contribution in [0.5, 0.6) is 5.75 Å². The first-order chi connectivity index (χ1) is 8.20. The molecule has 1 aromatic carbocycles. The number of carboxylic acids is 1. The number of hydrogen-bond donors (Lipinski definition) is 1. The number of ether oxygens (including phenoxy) is 2. The lowest BCUT2D eigenvalue weighted by Crippen LogP contribution is -2.36. The second-order valence-electron chi connectivity index (χ2n) is 3.82. The van der Waals surface area contributed by atoms with Crippen LogP contribution in [0.1, 0.15) is 10.4 Å². The third-order valence-electron chi connectivity index (χ3n) is 2.75. The average molecular weight is 237 g/mol. The van der Waals surface area contributed by atoms with Gasteiger partial charge >= 0.3 is 5.97 Å². The largest absolute Gasteiger partial charge is 0.497 e. The standard InChI is InChI=1S/C12H15NO4/c1-16-11-7-9(12(14)15)6-10(8-11)13-2-4-17-5-3-13/h6-8H,2-5H2,1H3,(H,14,15). The molecule has 0 aliphatic carbocycles. The van der Waals surface area contributed by atoms with E-state index in [2.05, 4.69) is 4.90 Å². The monoisotopic (exact) mass is 237 g/mol. The van der Waals surface area contributed by atoms with Crippen molar-refractivity contribution in [3.63, 3.8) is 0 Å². The molecule has 92 valence electrons. The van der Waals surface area contributed by atoms with Crippen molar-refractivity contribution in [1.29, 1.82) is 0 Å². The highest BCUT2D eigenvalue weighted by Gasteiger charge is 2.15. The van der Waals surface area contributed by atoms with Crippen LogP contribution in [-0.4, -0.2) is 44.5 Å². The fourth-order valence-corrected chi connectivity index (χ4v) is 1.83. The van der Waals surface area contributed by atoms with E-state index in [0.29, 0.717) is 19.0 Å². The second-order valence-corrected chi connectivity index (χ2v) is 3.82. The molecule has 0 spiro atoms. The van der Waals surface area contributed by atoms with Crippen molar-refractivity contribution in [2.24, 2.45) is 0 Å². The Balaban J connectivity index is 2.31. The molecule has 1 aliphatic heterocycles. The van der Waals surface area contributed by atoms with Crippen molar-refractivity contribution in [3.8, 4) is 5.75 Å². The van der Waals surface area contributed by atoms with Gasteiger partial charge < -0.3 is 19.5 Å². The van der Waals surface area contributed by atoms with Crippen molar-refractivity contribution in [1.82, 2.24) is 0 Å². The van der Waals surface area contributed by atoms with Crippen LogP contribution in [0.15, 0.2) is 18.2 Å². The Bertz CT molecular complexity index is 413. The summed E-state index contributed by atoms with van der Waals surface area (Å²) in [6.45, 7) is 2.87. The summed E-state index contributed by atoms with van der Waals surface area (Å²) in [6.07, 6.45) is 0. The smallest absolute Gasteiger partial charge is 0.335 e. The van der Waals surface area contributed by atoms with Crippen LogP contribution in [-0.2, 0) is 4.74 Å². The Hall–Kier alpha value is -1.75. The van der Waals surface area contributed by atoms with E-state index in [4.69, 9.17) is 14.6 Å². The van der Waals surface area contributed by atoms with E-state index in [1.54, 1.807) is 6.07 Å². The van der Waals surface area contributed by atoms with Crippen LogP contribution >= 0.6 is 0 Å². The van der Waals surface area contributed by atoms with E-state index < -0.39 is 5.97 Å². The van der Waals surface area contributed by atoms with E-state index in [1.165, 1.54) is 13.2 Å². The molecule has 0 bridgehead atoms. The summed E-state index contributed by atoms with van der Waals surface area (Å²) in [5, 5.41) is 9.03. The molecule has 0 atom stereocenters. The van der Waals surface area contributed by atoms with Crippen molar-refractivity contribution in [3.05, 3.63) is 23.8 Å². The van der Waals surface area contributed by atoms with Crippen LogP contribution in [0.25, 0.3) is 0 Å². The minimum Gasteiger partial charge on any atom is -0.497 e. The van der Waals surface area contributed by atoms with Crippen molar-refractivity contribution in [2.75, 3.05) is 38.3 Å². The van der Waals surface area contributed by atoms with Gasteiger partial charge in [0.05, 0.1) is 25.9 Å². The van der Waals surface area contributed by atoms with Gasteiger partial charge in [-0.25, -0.2) is 4.79 Å². The van der Waals surface area contributed by atoms with Crippen LogP contribution in [0.2, 0.25) is 0 Å². The van der Waals surface area contributed by atoms with Gasteiger partial charge in [-0.2, -0.15) is 0 Å². The lowest BCUT2D eigenvalue weighted by molar-refractivity contribution is 0.0696. The summed E-state index contributed by atoms with van der Waals surface area (Å²) >= 11 is 0. The summed E-state index contributed by atoms with van der Waals surface area (Å²) in [5.74, 6) is -0.384. The molecule has 1 aromatic rings. The molecule has 0 saturated carbocycles. The number of hydrogen-bond acceptors (Lipinski definition) is 4. The van der Waals surface area contributed by atoms with Gasteiger partial charge in [0.25, 0.3) is 0 Å². The third kappa shape index (κ3) is 2.68. The number of methoxy groups -OCH3 is 1. The number of aromatic carboxylic acids is 1. The Morgan fingerprint density at radius 3 is 2.65 bits per heavy atom. The fourth-order valence-electron chi connectivity index (χ4n) is 1.83. The quantitative estimate of drug-likeness (QED) is 0.856. The Morgan fingerprint density at radius 2 is 2.06 bits per heavy atom. The zero-order valence-electron chi connectivity index (χ0n) is 9.68. The second kappa shape index (κ2) is 5.05. The van der Waals surface area contributed by atoms with Crippen molar-refractivity contribution >= 4 is 11.7 Å². The van der Waals surface area contributed by atoms with E-state index in [9.17, 15) is 4.79 Å². The average Bonchev–Trinajstić information content (AvgIpc) is 2.39. The Kier molecular flexibility index (Phi) is 3.49. The van der Waals surface area contributed by atoms with Crippen LogP contribution in [0, 0.1) is 0 Å². The van der Waals surface area contributed by atoms with Gasteiger partial charge in [-0.1, -0.05) is 0 Å². The molecular formula is C12H15NO4. The minimum atomic E-state index is -0.946. The number of carboxylic acid groups (broad SMARTS) is 1. The third-order valence-corrected chi connectivity index (χ3v) is 2.75. The van der Waals surface area contributed by atoms with E-state index in [0.717, 1.165) is 18.8 Å². The zero-order chi connectivity index (χ0) is 12.3. The molecule has 5 nitrogen and oxygen atoms in total. The maximum atomic E-state index is 11.0. The number of morpholine rings is 1. The molecule has 5 heteroatoms. The van der Waals surface area contributed by atoms with Gasteiger partial charge in [0, 0.05) is 24.8 Å². The maximum absolute atomic E-state index is 11.0. The first kappa shape index (κ1) is 11.7. The molecule has 2 rings (SSSR count). The normalized spacial score (nSPS) is 15.7. The zero-order valence-corrected chi connectivity index (χ0v) is 9.68. The summed E-state index contributed by atoms with van der Waals surface area (Å²) in [7, 11) is 1.53. The van der Waals surface area contributed by atoms with E-state index >= 15 is 0 Å². The number of rotatable bonds is 3. The van der Waals surface area contributed by atoms with Gasteiger partial charge in [-0.05, 0) is 12.1 Å². The van der Waals surface area contributed by atoms with Gasteiger partial charge in [0.15, 0.2) is 0 Å². The van der Waals surface area contributed by atoms with E-state index in [1.807, 2.05) is 6.07 Å². The number of nitrogens with zero attached hydrogens (tertiary/aromatic N) is 1. The van der Waals surface area contributed by atoms with Gasteiger partial charge in [-0.3, -0.25) is 0 Å². The molecule has 1 saturated heterocycles. The van der Waals surface area contributed by atoms with Crippen LogP contribution in [0.4, 0.5) is 5.69 Å². The van der Waals surface area contributed by atoms with Gasteiger partial charge in [-0.15, -0.1) is 0 Å². The predicted molar refractivity (Wildman–Crippen MR) is 63.0 cm³/mol. The molecule has 0 aromatic heterocycles. The molecule has 17 heavy (non-hydrogen) atoms. The molecule has 0 amide bonds. The van der Waals surface area contributed by atoms with Crippen LogP contribution < -0.4 is 9.64 Å². The lowest BCUT2D eigenvalue weighted by atomic mass is 10.1. The first-order valence-electron chi connectivity index (χ1n) is 5.46.